The fourth-order valence-corrected chi connectivity index (χ4v) is 4.87. The average Bonchev–Trinajstić information content (AvgIpc) is 2.81. The summed E-state index contributed by atoms with van der Waals surface area (Å²) in [5, 5.41) is 4.07. The minimum atomic E-state index is 0.0609. The minimum Gasteiger partial charge on any atom is -0.381 e. The third kappa shape index (κ3) is 3.59. The molecule has 0 unspecified atom stereocenters. The second-order valence-corrected chi connectivity index (χ2v) is 8.76. The number of nitrogens with zero attached hydrogens (tertiary/aromatic N) is 3. The molecule has 2 aromatic heterocycles. The van der Waals surface area contributed by atoms with Crippen LogP contribution in [-0.4, -0.2) is 34.0 Å². The molecule has 1 aliphatic heterocycles. The van der Waals surface area contributed by atoms with E-state index in [0.29, 0.717) is 13.2 Å². The monoisotopic (exact) mass is 419 g/mol. The molecule has 1 aromatic carbocycles. The Balaban J connectivity index is 1.66. The van der Waals surface area contributed by atoms with Crippen LogP contribution < -0.4 is 16.0 Å². The summed E-state index contributed by atoms with van der Waals surface area (Å²) >= 11 is 1.64. The molecule has 1 aliphatic carbocycles. The van der Waals surface area contributed by atoms with E-state index in [1.165, 1.54) is 10.8 Å². The van der Waals surface area contributed by atoms with Gasteiger partial charge in [-0.25, -0.2) is 9.97 Å². The Morgan fingerprint density at radius 3 is 2.67 bits per heavy atom. The fraction of sp³-hybridized carbons (Fsp3) is 0.375. The number of hydrogen-bond donors (Lipinski definition) is 0. The van der Waals surface area contributed by atoms with Gasteiger partial charge in [-0.05, 0) is 66.8 Å². The first-order valence-electron chi connectivity index (χ1n) is 10.5. The van der Waals surface area contributed by atoms with Gasteiger partial charge in [0.1, 0.15) is 0 Å². The quantitative estimate of drug-likeness (QED) is 0.609. The highest BCUT2D eigenvalue weighted by Crippen LogP contribution is 2.20. The summed E-state index contributed by atoms with van der Waals surface area (Å²) in [5.74, 6) is 0. The lowest BCUT2D eigenvalue weighted by molar-refractivity contribution is 0.0685. The number of aromatic nitrogens is 3. The molecule has 5 nitrogen and oxygen atoms in total. The summed E-state index contributed by atoms with van der Waals surface area (Å²) in [6.07, 6.45) is 14.7. The summed E-state index contributed by atoms with van der Waals surface area (Å²) in [7, 11) is 0. The zero-order chi connectivity index (χ0) is 20.5. The Morgan fingerprint density at radius 1 is 1.13 bits per heavy atom. The summed E-state index contributed by atoms with van der Waals surface area (Å²) in [6, 6.07) is 6.42. The lowest BCUT2D eigenvalue weighted by Gasteiger charge is -2.24. The smallest absolute Gasteiger partial charge is 0.261 e. The molecule has 0 N–H and O–H groups in total. The molecule has 0 saturated carbocycles. The van der Waals surface area contributed by atoms with Crippen molar-refractivity contribution in [2.45, 2.75) is 43.2 Å². The molecule has 1 fully saturated rings. The molecule has 0 atom stereocenters. The van der Waals surface area contributed by atoms with Gasteiger partial charge in [-0.1, -0.05) is 18.2 Å². The van der Waals surface area contributed by atoms with Crippen LogP contribution in [0.15, 0.2) is 40.5 Å². The van der Waals surface area contributed by atoms with E-state index in [4.69, 9.17) is 9.72 Å². The van der Waals surface area contributed by atoms with Crippen LogP contribution in [0.3, 0.4) is 0 Å². The van der Waals surface area contributed by atoms with E-state index in [0.717, 1.165) is 58.8 Å². The summed E-state index contributed by atoms with van der Waals surface area (Å²) < 4.78 is 7.29. The van der Waals surface area contributed by atoms with Crippen molar-refractivity contribution in [1.29, 1.82) is 0 Å². The fourth-order valence-electron chi connectivity index (χ4n) is 4.51. The van der Waals surface area contributed by atoms with Gasteiger partial charge in [-0.15, -0.1) is 11.8 Å². The predicted molar refractivity (Wildman–Crippen MR) is 121 cm³/mol. The van der Waals surface area contributed by atoms with E-state index in [1.54, 1.807) is 18.1 Å². The number of thioether (sulfide) groups is 1. The van der Waals surface area contributed by atoms with E-state index >= 15 is 0 Å². The minimum absolute atomic E-state index is 0.0609. The van der Waals surface area contributed by atoms with Crippen molar-refractivity contribution < 1.29 is 4.74 Å². The van der Waals surface area contributed by atoms with Crippen LogP contribution >= 0.6 is 11.8 Å². The Bertz CT molecular complexity index is 1260. The highest BCUT2D eigenvalue weighted by Gasteiger charge is 2.19. The molecule has 1 saturated heterocycles. The molecule has 3 aromatic rings. The standard InChI is InChI=1S/C24H25N3O2S/c1-30-22-7-6-16(14-25-22)12-17-13-21-23(20-5-3-2-4-19(17)20)26-15-27(24(21)28)18-8-10-29-11-9-18/h4-7,13-15,18H,2-3,8-12H2,1H3. The molecule has 2 aliphatic rings. The van der Waals surface area contributed by atoms with Gasteiger partial charge in [-0.3, -0.25) is 9.36 Å². The maximum Gasteiger partial charge on any atom is 0.261 e. The molecular formula is C24H25N3O2S. The Kier molecular flexibility index (Phi) is 5.44. The summed E-state index contributed by atoms with van der Waals surface area (Å²) in [5.41, 5.74) is 3.22. The maximum absolute atomic E-state index is 13.4. The van der Waals surface area contributed by atoms with E-state index in [9.17, 15) is 4.79 Å². The van der Waals surface area contributed by atoms with Crippen LogP contribution in [-0.2, 0) is 11.2 Å². The lowest BCUT2D eigenvalue weighted by Crippen LogP contribution is -2.36. The molecule has 30 heavy (non-hydrogen) atoms. The number of rotatable bonds is 4. The van der Waals surface area contributed by atoms with Crippen LogP contribution in [0.1, 0.15) is 42.9 Å². The van der Waals surface area contributed by atoms with E-state index in [-0.39, 0.29) is 11.6 Å². The number of benzene rings is 1. The van der Waals surface area contributed by atoms with Gasteiger partial charge in [-0.2, -0.15) is 0 Å². The number of ether oxygens (including phenoxy) is 1. The first-order valence-corrected chi connectivity index (χ1v) is 11.8. The highest BCUT2D eigenvalue weighted by molar-refractivity contribution is 7.98. The third-order valence-electron chi connectivity index (χ3n) is 6.09. The Morgan fingerprint density at radius 2 is 1.93 bits per heavy atom. The molecule has 0 spiro atoms. The first kappa shape index (κ1) is 19.5. The van der Waals surface area contributed by atoms with Gasteiger partial charge in [0, 0.05) is 30.7 Å². The van der Waals surface area contributed by atoms with Crippen molar-refractivity contribution in [2.75, 3.05) is 19.5 Å². The molecular weight excluding hydrogens is 394 g/mol. The zero-order valence-corrected chi connectivity index (χ0v) is 18.0. The number of fused-ring (bicyclic) bond motifs is 3. The van der Waals surface area contributed by atoms with Crippen molar-refractivity contribution in [2.24, 2.45) is 0 Å². The van der Waals surface area contributed by atoms with Crippen LogP contribution in [0, 0.1) is 0 Å². The van der Waals surface area contributed by atoms with Gasteiger partial charge >= 0.3 is 0 Å². The van der Waals surface area contributed by atoms with E-state index < -0.39 is 0 Å². The van der Waals surface area contributed by atoms with Crippen LogP contribution in [0.5, 0.6) is 0 Å². The van der Waals surface area contributed by atoms with Gasteiger partial charge < -0.3 is 4.74 Å². The molecule has 0 radical (unpaired) electrons. The lowest BCUT2D eigenvalue weighted by atomic mass is 9.96. The van der Waals surface area contributed by atoms with Gasteiger partial charge in [0.25, 0.3) is 5.56 Å². The number of hydrogen-bond acceptors (Lipinski definition) is 5. The van der Waals surface area contributed by atoms with Crippen LogP contribution in [0.25, 0.3) is 23.1 Å². The molecule has 0 amide bonds. The predicted octanol–water partition coefficient (Wildman–Crippen LogP) is 2.81. The summed E-state index contributed by atoms with van der Waals surface area (Å²) in [6.45, 7) is 1.40. The maximum atomic E-state index is 13.4. The van der Waals surface area contributed by atoms with Crippen molar-refractivity contribution in [3.05, 3.63) is 62.6 Å². The van der Waals surface area contributed by atoms with Crippen molar-refractivity contribution >= 4 is 34.8 Å². The van der Waals surface area contributed by atoms with Gasteiger partial charge in [0.15, 0.2) is 0 Å². The second kappa shape index (κ2) is 8.36. The Labute approximate surface area is 179 Å². The van der Waals surface area contributed by atoms with Gasteiger partial charge in [0.05, 0.1) is 22.3 Å². The van der Waals surface area contributed by atoms with Crippen molar-refractivity contribution in [3.8, 4) is 0 Å². The average molecular weight is 420 g/mol. The zero-order valence-electron chi connectivity index (χ0n) is 17.1. The normalized spacial score (nSPS) is 16.7. The molecule has 6 heteroatoms. The molecule has 0 bridgehead atoms. The van der Waals surface area contributed by atoms with Crippen LogP contribution in [0.4, 0.5) is 0 Å². The first-order chi connectivity index (χ1) is 14.7. The van der Waals surface area contributed by atoms with Crippen molar-refractivity contribution in [1.82, 2.24) is 14.5 Å². The van der Waals surface area contributed by atoms with Crippen LogP contribution in [0.2, 0.25) is 0 Å². The van der Waals surface area contributed by atoms with E-state index in [2.05, 4.69) is 35.3 Å². The largest absolute Gasteiger partial charge is 0.381 e. The summed E-state index contributed by atoms with van der Waals surface area (Å²) in [4.78, 5) is 22.7. The molecule has 5 rings (SSSR count). The SMILES string of the molecule is CSc1ccc(Cc2cc3c(=O)n(C4CCOCC4)cnc3c3c2=CCCC=3)cn1. The van der Waals surface area contributed by atoms with Gasteiger partial charge in [0.2, 0.25) is 0 Å². The number of pyridine rings is 1. The third-order valence-corrected chi connectivity index (χ3v) is 6.75. The second-order valence-electron chi connectivity index (χ2n) is 7.93. The topological polar surface area (TPSA) is 57.0 Å². The molecule has 3 heterocycles. The van der Waals surface area contributed by atoms with E-state index in [1.807, 2.05) is 17.0 Å². The van der Waals surface area contributed by atoms with Crippen molar-refractivity contribution in [3.63, 3.8) is 0 Å². The Hall–Kier alpha value is -2.44. The molecule has 154 valence electrons. The highest BCUT2D eigenvalue weighted by atomic mass is 32.2.